The number of aromatic nitrogens is 2. The summed E-state index contributed by atoms with van der Waals surface area (Å²) in [5, 5.41) is 9.20. The normalized spacial score (nSPS) is 10.2. The standard InChI is InChI=1S/C12H11N3O2/c1-7-2-3-8(9-6-14-4-5-15-9)10(11(7)13)12(16)17/h2-6H,13H2,1H3,(H,16,17). The minimum atomic E-state index is -1.06. The van der Waals surface area contributed by atoms with Crippen LogP contribution in [0, 0.1) is 6.92 Å². The van der Waals surface area contributed by atoms with E-state index >= 15 is 0 Å². The number of hydrogen-bond acceptors (Lipinski definition) is 4. The van der Waals surface area contributed by atoms with Crippen LogP contribution >= 0.6 is 0 Å². The van der Waals surface area contributed by atoms with Gasteiger partial charge in [-0.15, -0.1) is 0 Å². The number of aryl methyl sites for hydroxylation is 1. The molecule has 1 aromatic carbocycles. The Morgan fingerprint density at radius 1 is 1.35 bits per heavy atom. The zero-order valence-electron chi connectivity index (χ0n) is 9.21. The van der Waals surface area contributed by atoms with Gasteiger partial charge in [-0.25, -0.2) is 4.79 Å². The number of benzene rings is 1. The average Bonchev–Trinajstić information content (AvgIpc) is 2.33. The number of hydrogen-bond donors (Lipinski definition) is 2. The summed E-state index contributed by atoms with van der Waals surface area (Å²) in [5.41, 5.74) is 7.84. The summed E-state index contributed by atoms with van der Waals surface area (Å²) >= 11 is 0. The second kappa shape index (κ2) is 4.21. The molecule has 3 N–H and O–H groups in total. The van der Waals surface area contributed by atoms with Crippen molar-refractivity contribution in [1.82, 2.24) is 9.97 Å². The van der Waals surface area contributed by atoms with Crippen molar-refractivity contribution in [3.63, 3.8) is 0 Å². The predicted molar refractivity (Wildman–Crippen MR) is 63.6 cm³/mol. The fourth-order valence-electron chi connectivity index (χ4n) is 1.61. The van der Waals surface area contributed by atoms with E-state index in [2.05, 4.69) is 9.97 Å². The molecule has 0 saturated heterocycles. The summed E-state index contributed by atoms with van der Waals surface area (Å²) in [5.74, 6) is -1.06. The Morgan fingerprint density at radius 2 is 2.12 bits per heavy atom. The molecule has 0 unspecified atom stereocenters. The lowest BCUT2D eigenvalue weighted by Gasteiger charge is -2.10. The molecule has 0 aliphatic carbocycles. The second-order valence-electron chi connectivity index (χ2n) is 3.61. The second-order valence-corrected chi connectivity index (χ2v) is 3.61. The van der Waals surface area contributed by atoms with Gasteiger partial charge >= 0.3 is 5.97 Å². The maximum absolute atomic E-state index is 11.2. The van der Waals surface area contributed by atoms with Crippen molar-refractivity contribution in [2.45, 2.75) is 6.92 Å². The summed E-state index contributed by atoms with van der Waals surface area (Å²) in [6.07, 6.45) is 4.55. The molecule has 0 aliphatic rings. The smallest absolute Gasteiger partial charge is 0.338 e. The van der Waals surface area contributed by atoms with E-state index < -0.39 is 5.97 Å². The van der Waals surface area contributed by atoms with Crippen molar-refractivity contribution in [1.29, 1.82) is 0 Å². The molecule has 2 aromatic rings. The number of nitrogens with two attached hydrogens (primary N) is 1. The van der Waals surface area contributed by atoms with Crippen LogP contribution in [-0.4, -0.2) is 21.0 Å². The van der Waals surface area contributed by atoms with Gasteiger partial charge in [0.05, 0.1) is 17.5 Å². The predicted octanol–water partition coefficient (Wildman–Crippen LogP) is 1.73. The van der Waals surface area contributed by atoms with Crippen molar-refractivity contribution in [3.8, 4) is 11.3 Å². The molecule has 0 saturated carbocycles. The molecule has 86 valence electrons. The van der Waals surface area contributed by atoms with Gasteiger partial charge in [-0.1, -0.05) is 12.1 Å². The van der Waals surface area contributed by atoms with Crippen molar-refractivity contribution in [2.75, 3.05) is 5.73 Å². The quantitative estimate of drug-likeness (QED) is 0.765. The zero-order valence-corrected chi connectivity index (χ0v) is 9.21. The first-order chi connectivity index (χ1) is 8.11. The summed E-state index contributed by atoms with van der Waals surface area (Å²) in [6, 6.07) is 3.46. The van der Waals surface area contributed by atoms with Crippen LogP contribution in [0.2, 0.25) is 0 Å². The summed E-state index contributed by atoms with van der Waals surface area (Å²) in [7, 11) is 0. The maximum atomic E-state index is 11.2. The Morgan fingerprint density at radius 3 is 2.71 bits per heavy atom. The van der Waals surface area contributed by atoms with E-state index in [9.17, 15) is 9.90 Å². The molecular weight excluding hydrogens is 218 g/mol. The molecule has 0 fully saturated rings. The third-order valence-corrected chi connectivity index (χ3v) is 2.52. The van der Waals surface area contributed by atoms with Gasteiger partial charge in [0, 0.05) is 23.6 Å². The fourth-order valence-corrected chi connectivity index (χ4v) is 1.61. The first-order valence-electron chi connectivity index (χ1n) is 5.00. The third kappa shape index (κ3) is 1.94. The van der Waals surface area contributed by atoms with Crippen LogP contribution in [0.5, 0.6) is 0 Å². The van der Waals surface area contributed by atoms with Crippen LogP contribution in [0.1, 0.15) is 15.9 Å². The number of nitrogens with zero attached hydrogens (tertiary/aromatic N) is 2. The molecule has 17 heavy (non-hydrogen) atoms. The van der Waals surface area contributed by atoms with Crippen LogP contribution in [0.25, 0.3) is 11.3 Å². The minimum absolute atomic E-state index is 0.0745. The fraction of sp³-hybridized carbons (Fsp3) is 0.0833. The van der Waals surface area contributed by atoms with E-state index in [0.717, 1.165) is 5.56 Å². The highest BCUT2D eigenvalue weighted by Crippen LogP contribution is 2.28. The van der Waals surface area contributed by atoms with Gasteiger partial charge in [0.1, 0.15) is 0 Å². The van der Waals surface area contributed by atoms with E-state index in [1.54, 1.807) is 19.1 Å². The number of carbonyl (C=O) groups is 1. The van der Waals surface area contributed by atoms with E-state index in [-0.39, 0.29) is 11.3 Å². The van der Waals surface area contributed by atoms with Gasteiger partial charge in [-0.05, 0) is 12.5 Å². The van der Waals surface area contributed by atoms with Crippen LogP contribution < -0.4 is 5.73 Å². The van der Waals surface area contributed by atoms with E-state index in [1.807, 2.05) is 0 Å². The molecule has 0 spiro atoms. The van der Waals surface area contributed by atoms with Crippen LogP contribution in [0.3, 0.4) is 0 Å². The maximum Gasteiger partial charge on any atom is 0.338 e. The van der Waals surface area contributed by atoms with E-state index in [0.29, 0.717) is 11.3 Å². The average molecular weight is 229 g/mol. The lowest BCUT2D eigenvalue weighted by atomic mass is 9.99. The lowest BCUT2D eigenvalue weighted by Crippen LogP contribution is -2.07. The Balaban J connectivity index is 2.71. The molecule has 1 aromatic heterocycles. The Kier molecular flexibility index (Phi) is 2.74. The van der Waals surface area contributed by atoms with Crippen LogP contribution in [-0.2, 0) is 0 Å². The number of carboxylic acid groups (broad SMARTS) is 1. The highest BCUT2D eigenvalue weighted by Gasteiger charge is 2.17. The molecule has 0 radical (unpaired) electrons. The molecule has 0 atom stereocenters. The van der Waals surface area contributed by atoms with Gasteiger partial charge in [-0.3, -0.25) is 9.97 Å². The molecular formula is C12H11N3O2. The summed E-state index contributed by atoms with van der Waals surface area (Å²) < 4.78 is 0. The van der Waals surface area contributed by atoms with Crippen molar-refractivity contribution in [3.05, 3.63) is 41.9 Å². The summed E-state index contributed by atoms with van der Waals surface area (Å²) in [4.78, 5) is 19.2. The highest BCUT2D eigenvalue weighted by atomic mass is 16.4. The van der Waals surface area contributed by atoms with Crippen LogP contribution in [0.15, 0.2) is 30.7 Å². The Labute approximate surface area is 98.0 Å². The SMILES string of the molecule is Cc1ccc(-c2cnccn2)c(C(=O)O)c1N. The van der Waals surface area contributed by atoms with E-state index in [4.69, 9.17) is 5.73 Å². The van der Waals surface area contributed by atoms with Crippen molar-refractivity contribution in [2.24, 2.45) is 0 Å². The van der Waals surface area contributed by atoms with Gasteiger partial charge in [0.15, 0.2) is 0 Å². The van der Waals surface area contributed by atoms with Gasteiger partial charge in [-0.2, -0.15) is 0 Å². The van der Waals surface area contributed by atoms with Gasteiger partial charge in [0.2, 0.25) is 0 Å². The summed E-state index contributed by atoms with van der Waals surface area (Å²) in [6.45, 7) is 1.77. The first kappa shape index (κ1) is 11.1. The largest absolute Gasteiger partial charge is 0.478 e. The van der Waals surface area contributed by atoms with Gasteiger partial charge < -0.3 is 10.8 Å². The Bertz CT molecular complexity index is 567. The molecule has 0 aliphatic heterocycles. The van der Waals surface area contributed by atoms with Gasteiger partial charge in [0.25, 0.3) is 0 Å². The molecule has 2 rings (SSSR count). The number of nitrogen functional groups attached to an aromatic ring is 1. The van der Waals surface area contributed by atoms with Crippen molar-refractivity contribution < 1.29 is 9.90 Å². The monoisotopic (exact) mass is 229 g/mol. The number of carboxylic acids is 1. The topological polar surface area (TPSA) is 89.1 Å². The number of aromatic carboxylic acids is 1. The highest BCUT2D eigenvalue weighted by molar-refractivity contribution is 6.01. The Hall–Kier alpha value is -2.43. The molecule has 1 heterocycles. The van der Waals surface area contributed by atoms with E-state index in [1.165, 1.54) is 18.6 Å². The lowest BCUT2D eigenvalue weighted by molar-refractivity contribution is 0.0699. The first-order valence-corrected chi connectivity index (χ1v) is 5.00. The zero-order chi connectivity index (χ0) is 12.4. The number of rotatable bonds is 2. The molecule has 5 heteroatoms. The number of anilines is 1. The molecule has 0 amide bonds. The third-order valence-electron chi connectivity index (χ3n) is 2.52. The molecule has 5 nitrogen and oxygen atoms in total. The van der Waals surface area contributed by atoms with Crippen molar-refractivity contribution >= 4 is 11.7 Å². The minimum Gasteiger partial charge on any atom is -0.478 e. The molecule has 0 bridgehead atoms. The van der Waals surface area contributed by atoms with Crippen LogP contribution in [0.4, 0.5) is 5.69 Å².